The van der Waals surface area contributed by atoms with Crippen LogP contribution in [-0.2, 0) is 0 Å². The largest absolute Gasteiger partial charge is 0.353 e. The van der Waals surface area contributed by atoms with Crippen LogP contribution in [0.25, 0.3) is 0 Å². The number of anilines is 2. The van der Waals surface area contributed by atoms with Gasteiger partial charge in [0, 0.05) is 12.1 Å². The molecule has 5 rings (SSSR count). The van der Waals surface area contributed by atoms with Crippen LogP contribution in [0.5, 0.6) is 0 Å². The van der Waals surface area contributed by atoms with E-state index in [1.165, 1.54) is 128 Å². The number of guanidine groups is 2. The van der Waals surface area contributed by atoms with Crippen LogP contribution in [0.3, 0.4) is 0 Å². The van der Waals surface area contributed by atoms with Crippen molar-refractivity contribution in [2.75, 3.05) is 10.6 Å². The quantitative estimate of drug-likeness (QED) is 0.236. The second-order valence-electron chi connectivity index (χ2n) is 12.2. The predicted octanol–water partition coefficient (Wildman–Crippen LogP) is 7.13. The maximum absolute atomic E-state index is 5.17. The third-order valence-electron chi connectivity index (χ3n) is 8.91. The fourth-order valence-corrected chi connectivity index (χ4v) is 6.69. The zero-order valence-electron chi connectivity index (χ0n) is 23.5. The number of aromatic nitrogens is 1. The summed E-state index contributed by atoms with van der Waals surface area (Å²) in [5.74, 6) is 3.49. The number of nitrogens with one attached hydrogen (secondary N) is 4. The van der Waals surface area contributed by atoms with Gasteiger partial charge in [0.15, 0.2) is 11.9 Å². The number of hydrogen-bond acceptors (Lipinski definition) is 3. The molecule has 1 heterocycles. The molecule has 1 aromatic rings. The molecule has 0 atom stereocenters. The van der Waals surface area contributed by atoms with Gasteiger partial charge < -0.3 is 21.3 Å². The lowest BCUT2D eigenvalue weighted by Crippen LogP contribution is -2.42. The number of nitrogens with zero attached hydrogens (tertiary/aromatic N) is 3. The molecule has 0 saturated heterocycles. The highest BCUT2D eigenvalue weighted by atomic mass is 15.3. The van der Waals surface area contributed by atoms with Gasteiger partial charge >= 0.3 is 0 Å². The van der Waals surface area contributed by atoms with E-state index >= 15 is 0 Å². The van der Waals surface area contributed by atoms with Crippen molar-refractivity contribution >= 4 is 23.6 Å². The number of hydrogen-bond donors (Lipinski definition) is 4. The molecule has 4 N–H and O–H groups in total. The van der Waals surface area contributed by atoms with Crippen molar-refractivity contribution in [3.05, 3.63) is 18.2 Å². The van der Waals surface area contributed by atoms with Crippen molar-refractivity contribution in [2.45, 2.75) is 153 Å². The van der Waals surface area contributed by atoms with Crippen LogP contribution < -0.4 is 21.3 Å². The van der Waals surface area contributed by atoms with Crippen molar-refractivity contribution in [3.63, 3.8) is 0 Å². The summed E-state index contributed by atoms with van der Waals surface area (Å²) in [5.41, 5.74) is 0. The van der Waals surface area contributed by atoms with Crippen molar-refractivity contribution in [2.24, 2.45) is 9.98 Å². The van der Waals surface area contributed by atoms with Gasteiger partial charge in [-0.25, -0.2) is 15.0 Å². The van der Waals surface area contributed by atoms with Crippen LogP contribution in [-0.4, -0.2) is 41.1 Å². The van der Waals surface area contributed by atoms with Gasteiger partial charge in [-0.3, -0.25) is 0 Å². The Balaban J connectivity index is 1.28. The molecule has 0 aliphatic heterocycles. The van der Waals surface area contributed by atoms with Crippen LogP contribution >= 0.6 is 0 Å². The van der Waals surface area contributed by atoms with Gasteiger partial charge in [-0.05, 0) is 63.5 Å². The van der Waals surface area contributed by atoms with Crippen LogP contribution in [0.2, 0.25) is 0 Å². The van der Waals surface area contributed by atoms with Gasteiger partial charge in [-0.2, -0.15) is 0 Å². The molecule has 4 fully saturated rings. The number of aliphatic imine (C=N–C) groups is 2. The van der Waals surface area contributed by atoms with Crippen molar-refractivity contribution in [1.29, 1.82) is 0 Å². The highest BCUT2D eigenvalue weighted by Gasteiger charge is 2.20. The molecular formula is C31H51N7. The fourth-order valence-electron chi connectivity index (χ4n) is 6.69. The van der Waals surface area contributed by atoms with E-state index in [0.29, 0.717) is 24.2 Å². The summed E-state index contributed by atoms with van der Waals surface area (Å²) < 4.78 is 0. The van der Waals surface area contributed by atoms with E-state index in [0.717, 1.165) is 23.6 Å². The first kappa shape index (κ1) is 27.3. The van der Waals surface area contributed by atoms with Gasteiger partial charge in [-0.15, -0.1) is 0 Å². The summed E-state index contributed by atoms with van der Waals surface area (Å²) >= 11 is 0. The first-order chi connectivity index (χ1) is 18.8. The summed E-state index contributed by atoms with van der Waals surface area (Å²) in [4.78, 5) is 15.3. The summed E-state index contributed by atoms with van der Waals surface area (Å²) in [6.07, 6.45) is 25.5. The van der Waals surface area contributed by atoms with E-state index in [1.54, 1.807) is 0 Å². The minimum absolute atomic E-state index is 0.414. The van der Waals surface area contributed by atoms with E-state index in [9.17, 15) is 0 Å². The lowest BCUT2D eigenvalue weighted by Gasteiger charge is -2.27. The van der Waals surface area contributed by atoms with Crippen LogP contribution in [0.1, 0.15) is 128 Å². The third-order valence-corrected chi connectivity index (χ3v) is 8.91. The Morgan fingerprint density at radius 3 is 1.29 bits per heavy atom. The molecule has 0 spiro atoms. The Kier molecular flexibility index (Phi) is 10.6. The van der Waals surface area contributed by atoms with Gasteiger partial charge in [-0.1, -0.05) is 83.1 Å². The molecule has 0 radical (unpaired) electrons. The van der Waals surface area contributed by atoms with Crippen LogP contribution in [0.15, 0.2) is 28.2 Å². The van der Waals surface area contributed by atoms with E-state index in [4.69, 9.17) is 15.0 Å². The standard InChI is InChI=1S/C31H51N7/c1-5-14-24(15-6-1)32-30(33-25-16-7-2-8-17-25)37-28-22-13-23-29(36-28)38-31(34-26-18-9-3-10-19-26)35-27-20-11-4-12-21-27/h13,22-27H,1-12,14-21H2,(H4,32,33,34,35,36,37,38). The Hall–Kier alpha value is -2.31. The van der Waals surface area contributed by atoms with Crippen molar-refractivity contribution < 1.29 is 0 Å². The number of rotatable bonds is 6. The molecule has 0 bridgehead atoms. The lowest BCUT2D eigenvalue weighted by molar-refractivity contribution is 0.408. The van der Waals surface area contributed by atoms with Gasteiger partial charge in [0.05, 0.1) is 12.1 Å². The van der Waals surface area contributed by atoms with Gasteiger partial charge in [0.25, 0.3) is 0 Å². The highest BCUT2D eigenvalue weighted by Crippen LogP contribution is 2.23. The Morgan fingerprint density at radius 2 is 0.895 bits per heavy atom. The molecule has 7 heteroatoms. The Morgan fingerprint density at radius 1 is 0.526 bits per heavy atom. The SMILES string of the molecule is c1cc(NC(=NC2CCCCC2)NC2CCCCC2)nc(NC(=NC2CCCCC2)NC2CCCCC2)c1. The first-order valence-electron chi connectivity index (χ1n) is 16.0. The molecule has 0 unspecified atom stereocenters. The summed E-state index contributed by atoms with van der Waals surface area (Å²) in [6, 6.07) is 8.03. The summed E-state index contributed by atoms with van der Waals surface area (Å²) in [5, 5.41) is 14.7. The topological polar surface area (TPSA) is 85.7 Å². The van der Waals surface area contributed by atoms with E-state index in [1.807, 2.05) is 0 Å². The fraction of sp³-hybridized carbons (Fsp3) is 0.774. The highest BCUT2D eigenvalue weighted by molar-refractivity contribution is 5.95. The molecule has 7 nitrogen and oxygen atoms in total. The second kappa shape index (κ2) is 14.7. The van der Waals surface area contributed by atoms with Crippen LogP contribution in [0.4, 0.5) is 11.6 Å². The Labute approximate surface area is 230 Å². The number of pyridine rings is 1. The normalized spacial score (nSPS) is 23.7. The zero-order chi connectivity index (χ0) is 25.8. The summed E-state index contributed by atoms with van der Waals surface area (Å²) in [6.45, 7) is 0. The van der Waals surface area contributed by atoms with Crippen LogP contribution in [0, 0.1) is 0 Å². The van der Waals surface area contributed by atoms with Gasteiger partial charge in [0.1, 0.15) is 11.6 Å². The minimum Gasteiger partial charge on any atom is -0.353 e. The van der Waals surface area contributed by atoms with Gasteiger partial charge in [0.2, 0.25) is 0 Å². The molecule has 38 heavy (non-hydrogen) atoms. The molecule has 210 valence electrons. The molecule has 4 aliphatic carbocycles. The third kappa shape index (κ3) is 8.88. The molecule has 0 aromatic carbocycles. The summed E-state index contributed by atoms with van der Waals surface area (Å²) in [7, 11) is 0. The van der Waals surface area contributed by atoms with E-state index in [-0.39, 0.29) is 0 Å². The minimum atomic E-state index is 0.414. The molecule has 1 aromatic heterocycles. The smallest absolute Gasteiger partial charge is 0.197 e. The predicted molar refractivity (Wildman–Crippen MR) is 160 cm³/mol. The van der Waals surface area contributed by atoms with Crippen molar-refractivity contribution in [3.8, 4) is 0 Å². The monoisotopic (exact) mass is 521 g/mol. The molecule has 0 amide bonds. The zero-order valence-corrected chi connectivity index (χ0v) is 23.5. The second-order valence-corrected chi connectivity index (χ2v) is 12.2. The molecule has 4 aliphatic rings. The molecule has 4 saturated carbocycles. The Bertz CT molecular complexity index is 820. The maximum atomic E-state index is 5.17. The average molecular weight is 522 g/mol. The van der Waals surface area contributed by atoms with E-state index in [2.05, 4.69) is 39.5 Å². The maximum Gasteiger partial charge on any atom is 0.197 e. The van der Waals surface area contributed by atoms with Crippen molar-refractivity contribution in [1.82, 2.24) is 15.6 Å². The molecular weight excluding hydrogens is 470 g/mol. The van der Waals surface area contributed by atoms with E-state index < -0.39 is 0 Å². The lowest BCUT2D eigenvalue weighted by atomic mass is 9.95. The average Bonchev–Trinajstić information content (AvgIpc) is 2.95. The first-order valence-corrected chi connectivity index (χ1v) is 16.0.